The van der Waals surface area contributed by atoms with Crippen LogP contribution in [0.4, 0.5) is 5.82 Å². The summed E-state index contributed by atoms with van der Waals surface area (Å²) in [5, 5.41) is 13.2. The van der Waals surface area contributed by atoms with E-state index in [1.54, 1.807) is 15.6 Å². The maximum atomic E-state index is 13.5. The van der Waals surface area contributed by atoms with Crippen LogP contribution in [-0.2, 0) is 6.54 Å². The second kappa shape index (κ2) is 9.78. The van der Waals surface area contributed by atoms with Crippen LogP contribution in [-0.4, -0.2) is 25.5 Å². The zero-order valence-electron chi connectivity index (χ0n) is 18.8. The number of nitrogens with zero attached hydrogens (tertiary/aromatic N) is 4. The lowest BCUT2D eigenvalue weighted by Crippen LogP contribution is -2.15. The van der Waals surface area contributed by atoms with Gasteiger partial charge in [-0.3, -0.25) is 9.48 Å². The number of rotatable bonds is 6. The number of hydrogen-bond acceptors (Lipinski definition) is 3. The molecule has 6 nitrogen and oxygen atoms in total. The number of hydrogen-bond donors (Lipinski definition) is 1. The van der Waals surface area contributed by atoms with Crippen LogP contribution in [0.5, 0.6) is 0 Å². The first-order valence-corrected chi connectivity index (χ1v) is 11.7. The molecule has 0 spiro atoms. The number of halogens is 2. The first kappa shape index (κ1) is 22.9. The highest BCUT2D eigenvalue weighted by Gasteiger charge is 2.24. The second-order valence-electron chi connectivity index (χ2n) is 8.03. The van der Waals surface area contributed by atoms with Gasteiger partial charge in [0.15, 0.2) is 5.82 Å². The summed E-state index contributed by atoms with van der Waals surface area (Å²) in [5.74, 6) is -0.0429. The fourth-order valence-electron chi connectivity index (χ4n) is 3.90. The molecule has 2 aromatic heterocycles. The molecule has 0 bridgehead atoms. The summed E-state index contributed by atoms with van der Waals surface area (Å²) in [6.07, 6.45) is 1.68. The monoisotopic (exact) mass is 501 g/mol. The fraction of sp³-hybridized carbons (Fsp3) is 0.0741. The number of carbonyl (C=O) groups is 1. The quantitative estimate of drug-likeness (QED) is 0.283. The van der Waals surface area contributed by atoms with E-state index >= 15 is 0 Å². The molecule has 0 aliphatic carbocycles. The fourth-order valence-corrected chi connectivity index (χ4v) is 4.23. The van der Waals surface area contributed by atoms with Gasteiger partial charge in [-0.05, 0) is 36.8 Å². The maximum Gasteiger partial charge on any atom is 0.261 e. The molecule has 174 valence electrons. The van der Waals surface area contributed by atoms with Crippen LogP contribution in [0.3, 0.4) is 0 Å². The van der Waals surface area contributed by atoms with Crippen LogP contribution in [0, 0.1) is 6.92 Å². The zero-order chi connectivity index (χ0) is 24.4. The Morgan fingerprint density at radius 3 is 2.23 bits per heavy atom. The van der Waals surface area contributed by atoms with Crippen molar-refractivity contribution < 1.29 is 4.79 Å². The third-order valence-corrected chi connectivity index (χ3v) is 6.13. The van der Waals surface area contributed by atoms with Gasteiger partial charge in [0, 0.05) is 16.8 Å². The molecule has 35 heavy (non-hydrogen) atoms. The van der Waals surface area contributed by atoms with E-state index in [0.717, 1.165) is 16.8 Å². The molecule has 8 heteroatoms. The first-order chi connectivity index (χ1) is 17.0. The molecule has 0 atom stereocenters. The highest BCUT2D eigenvalue weighted by atomic mass is 35.5. The van der Waals surface area contributed by atoms with E-state index in [1.807, 2.05) is 91.9 Å². The topological polar surface area (TPSA) is 64.7 Å². The van der Waals surface area contributed by atoms with Crippen molar-refractivity contribution in [2.24, 2.45) is 0 Å². The summed E-state index contributed by atoms with van der Waals surface area (Å²) >= 11 is 12.4. The molecule has 0 aliphatic rings. The lowest BCUT2D eigenvalue weighted by atomic mass is 10.1. The van der Waals surface area contributed by atoms with E-state index in [0.29, 0.717) is 33.5 Å². The molecule has 2 heterocycles. The predicted octanol–water partition coefficient (Wildman–Crippen LogP) is 6.65. The number of para-hydroxylation sites is 1. The Labute approximate surface area is 212 Å². The largest absolute Gasteiger partial charge is 0.304 e. The number of benzene rings is 3. The molecule has 5 rings (SSSR count). The highest BCUT2D eigenvalue weighted by Crippen LogP contribution is 2.29. The predicted molar refractivity (Wildman–Crippen MR) is 139 cm³/mol. The Bertz CT molecular complexity index is 1480. The number of nitrogens with one attached hydrogen (secondary N) is 1. The molecule has 1 N–H and O–H groups in total. The minimum Gasteiger partial charge on any atom is -0.304 e. The van der Waals surface area contributed by atoms with Gasteiger partial charge in [0.25, 0.3) is 5.91 Å². The Hall–Kier alpha value is -3.87. The molecule has 0 unspecified atom stereocenters. The lowest BCUT2D eigenvalue weighted by molar-refractivity contribution is 0.102. The Morgan fingerprint density at radius 2 is 1.54 bits per heavy atom. The van der Waals surface area contributed by atoms with Gasteiger partial charge in [-0.1, -0.05) is 83.9 Å². The van der Waals surface area contributed by atoms with Gasteiger partial charge in [-0.25, -0.2) is 4.68 Å². The van der Waals surface area contributed by atoms with Crippen molar-refractivity contribution in [3.05, 3.63) is 118 Å². The standard InChI is InChI=1S/C27H21Cl2N5O/c1-18-24(25(20-8-4-2-5-9-20)31-34(18)22-10-6-3-7-11-22)27(35)30-26-23(29)17-33(32-26)16-19-12-14-21(28)15-13-19/h2-15,17H,16H2,1H3,(H,30,32,35). The molecule has 0 aliphatic heterocycles. The van der Waals surface area contributed by atoms with Crippen molar-refractivity contribution in [2.75, 3.05) is 5.32 Å². The number of carbonyl (C=O) groups excluding carboxylic acids is 1. The summed E-state index contributed by atoms with van der Waals surface area (Å²) in [7, 11) is 0. The molecule has 3 aromatic carbocycles. The third kappa shape index (κ3) is 4.85. The van der Waals surface area contributed by atoms with E-state index < -0.39 is 0 Å². The van der Waals surface area contributed by atoms with Gasteiger partial charge >= 0.3 is 0 Å². The van der Waals surface area contributed by atoms with Crippen molar-refractivity contribution >= 4 is 34.9 Å². The Kier molecular flexibility index (Phi) is 6.40. The van der Waals surface area contributed by atoms with Crippen molar-refractivity contribution in [2.45, 2.75) is 13.5 Å². The number of amides is 1. The zero-order valence-corrected chi connectivity index (χ0v) is 20.3. The molecule has 0 radical (unpaired) electrons. The van der Waals surface area contributed by atoms with Crippen molar-refractivity contribution in [1.29, 1.82) is 0 Å². The number of anilines is 1. The van der Waals surface area contributed by atoms with Gasteiger partial charge < -0.3 is 5.32 Å². The normalized spacial score (nSPS) is 10.9. The van der Waals surface area contributed by atoms with Crippen LogP contribution < -0.4 is 5.32 Å². The van der Waals surface area contributed by atoms with Crippen molar-refractivity contribution in [3.63, 3.8) is 0 Å². The van der Waals surface area contributed by atoms with Gasteiger partial charge in [0.1, 0.15) is 10.7 Å². The van der Waals surface area contributed by atoms with Gasteiger partial charge in [-0.2, -0.15) is 10.2 Å². The van der Waals surface area contributed by atoms with Crippen LogP contribution in [0.2, 0.25) is 10.0 Å². The van der Waals surface area contributed by atoms with E-state index in [9.17, 15) is 4.79 Å². The van der Waals surface area contributed by atoms with E-state index in [2.05, 4.69) is 10.4 Å². The highest BCUT2D eigenvalue weighted by molar-refractivity contribution is 6.33. The average Bonchev–Trinajstić information content (AvgIpc) is 3.40. The molecule has 1 amide bonds. The van der Waals surface area contributed by atoms with E-state index in [-0.39, 0.29) is 11.7 Å². The second-order valence-corrected chi connectivity index (χ2v) is 8.87. The number of aromatic nitrogens is 4. The van der Waals surface area contributed by atoms with Gasteiger partial charge in [0.05, 0.1) is 23.5 Å². The molecule has 5 aromatic rings. The maximum absolute atomic E-state index is 13.5. The van der Waals surface area contributed by atoms with Crippen LogP contribution in [0.15, 0.2) is 91.1 Å². The van der Waals surface area contributed by atoms with Crippen LogP contribution in [0.25, 0.3) is 16.9 Å². The van der Waals surface area contributed by atoms with Crippen LogP contribution >= 0.6 is 23.2 Å². The van der Waals surface area contributed by atoms with Gasteiger partial charge in [-0.15, -0.1) is 0 Å². The minimum atomic E-state index is -0.331. The average molecular weight is 502 g/mol. The van der Waals surface area contributed by atoms with Crippen molar-refractivity contribution in [3.8, 4) is 16.9 Å². The Morgan fingerprint density at radius 1 is 0.886 bits per heavy atom. The molecular weight excluding hydrogens is 481 g/mol. The minimum absolute atomic E-state index is 0.288. The van der Waals surface area contributed by atoms with Crippen LogP contribution in [0.1, 0.15) is 21.6 Å². The van der Waals surface area contributed by atoms with E-state index in [4.69, 9.17) is 28.3 Å². The summed E-state index contributed by atoms with van der Waals surface area (Å²) < 4.78 is 3.46. The summed E-state index contributed by atoms with van der Waals surface area (Å²) in [6, 6.07) is 26.8. The molecule has 0 fully saturated rings. The van der Waals surface area contributed by atoms with E-state index in [1.165, 1.54) is 0 Å². The summed E-state index contributed by atoms with van der Waals surface area (Å²) in [4.78, 5) is 13.5. The smallest absolute Gasteiger partial charge is 0.261 e. The SMILES string of the molecule is Cc1c(C(=O)Nc2nn(Cc3ccc(Cl)cc3)cc2Cl)c(-c2ccccc2)nn1-c1ccccc1. The third-order valence-electron chi connectivity index (χ3n) is 5.60. The lowest BCUT2D eigenvalue weighted by Gasteiger charge is -2.06. The molecule has 0 saturated carbocycles. The summed E-state index contributed by atoms with van der Waals surface area (Å²) in [5.41, 5.74) is 4.48. The molecular formula is C27H21Cl2N5O. The van der Waals surface area contributed by atoms with Crippen molar-refractivity contribution in [1.82, 2.24) is 19.6 Å². The molecule has 0 saturated heterocycles. The summed E-state index contributed by atoms with van der Waals surface area (Å²) in [6.45, 7) is 2.37. The Balaban J connectivity index is 1.48. The van der Waals surface area contributed by atoms with Gasteiger partial charge in [0.2, 0.25) is 0 Å². The first-order valence-electron chi connectivity index (χ1n) is 11.0.